The fraction of sp³-hybridized carbons (Fsp3) is 0.238. The van der Waals surface area contributed by atoms with Crippen LogP contribution in [0.2, 0.25) is 0 Å². The van der Waals surface area contributed by atoms with Crippen LogP contribution in [0, 0.1) is 13.8 Å². The minimum absolute atomic E-state index is 0.206. The van der Waals surface area contributed by atoms with Gasteiger partial charge in [-0.05, 0) is 61.4 Å². The molecule has 0 amide bonds. The van der Waals surface area contributed by atoms with E-state index in [1.54, 1.807) is 24.3 Å². The van der Waals surface area contributed by atoms with Crippen molar-refractivity contribution in [2.75, 3.05) is 12.3 Å². The molecule has 0 saturated carbocycles. The summed E-state index contributed by atoms with van der Waals surface area (Å²) in [6, 6.07) is 12.0. The molecule has 2 aromatic carbocycles. The number of carbonyl (C=O) groups excluding carboxylic acids is 2. The number of ether oxygens (including phenoxy) is 1. The summed E-state index contributed by atoms with van der Waals surface area (Å²) in [5.41, 5.74) is 7.63. The van der Waals surface area contributed by atoms with Crippen molar-refractivity contribution in [3.63, 3.8) is 0 Å². The van der Waals surface area contributed by atoms with Crippen molar-refractivity contribution in [1.82, 2.24) is 0 Å². The molecule has 0 saturated heterocycles. The number of benzene rings is 2. The van der Waals surface area contributed by atoms with Crippen LogP contribution in [0.1, 0.15) is 33.0 Å². The van der Waals surface area contributed by atoms with Gasteiger partial charge in [0.25, 0.3) is 0 Å². The highest BCUT2D eigenvalue weighted by atomic mass is 16.5. The first-order valence-corrected chi connectivity index (χ1v) is 8.35. The van der Waals surface area contributed by atoms with Crippen molar-refractivity contribution in [3.05, 3.63) is 76.9 Å². The number of aliphatic hydroxyl groups is 1. The maximum atomic E-state index is 12.4. The summed E-state index contributed by atoms with van der Waals surface area (Å²) in [6.07, 6.45) is 2.76. The number of nitrogen functional groups attached to an aromatic ring is 1. The zero-order valence-corrected chi connectivity index (χ0v) is 14.7. The minimum atomic E-state index is -1.57. The lowest BCUT2D eigenvalue weighted by Crippen LogP contribution is -2.40. The molecule has 3 N–H and O–H groups in total. The third kappa shape index (κ3) is 3.39. The van der Waals surface area contributed by atoms with E-state index in [1.807, 2.05) is 32.0 Å². The summed E-state index contributed by atoms with van der Waals surface area (Å²) in [5, 5.41) is 11.0. The molecule has 0 spiro atoms. The number of ketones is 1. The second kappa shape index (κ2) is 6.77. The average molecular weight is 351 g/mol. The summed E-state index contributed by atoms with van der Waals surface area (Å²) >= 11 is 0. The molecule has 3 rings (SSSR count). The van der Waals surface area contributed by atoms with Crippen LogP contribution in [0.5, 0.6) is 0 Å². The predicted molar refractivity (Wildman–Crippen MR) is 98.9 cm³/mol. The van der Waals surface area contributed by atoms with Crippen molar-refractivity contribution < 1.29 is 19.4 Å². The fourth-order valence-electron chi connectivity index (χ4n) is 3.25. The lowest BCUT2D eigenvalue weighted by Gasteiger charge is -2.29. The van der Waals surface area contributed by atoms with Crippen LogP contribution in [-0.2, 0) is 9.53 Å². The van der Waals surface area contributed by atoms with Crippen LogP contribution in [0.15, 0.2) is 54.6 Å². The van der Waals surface area contributed by atoms with E-state index in [1.165, 1.54) is 12.2 Å². The second-order valence-corrected chi connectivity index (χ2v) is 6.72. The molecular formula is C21H21NO4. The van der Waals surface area contributed by atoms with Crippen molar-refractivity contribution in [2.24, 2.45) is 0 Å². The van der Waals surface area contributed by atoms with Gasteiger partial charge in [-0.3, -0.25) is 4.79 Å². The highest BCUT2D eigenvalue weighted by Crippen LogP contribution is 2.38. The van der Waals surface area contributed by atoms with Gasteiger partial charge in [-0.25, -0.2) is 4.79 Å². The van der Waals surface area contributed by atoms with E-state index in [0.717, 1.165) is 16.7 Å². The largest absolute Gasteiger partial charge is 0.459 e. The van der Waals surface area contributed by atoms with Crippen LogP contribution < -0.4 is 5.73 Å². The second-order valence-electron chi connectivity index (χ2n) is 6.72. The zero-order valence-electron chi connectivity index (χ0n) is 14.7. The summed E-state index contributed by atoms with van der Waals surface area (Å²) in [7, 11) is 0. The molecule has 0 aromatic heterocycles. The van der Waals surface area contributed by atoms with Crippen LogP contribution >= 0.6 is 0 Å². The van der Waals surface area contributed by atoms with E-state index in [0.29, 0.717) is 11.3 Å². The number of esters is 1. The lowest BCUT2D eigenvalue weighted by molar-refractivity contribution is -0.120. The maximum absolute atomic E-state index is 12.4. The van der Waals surface area contributed by atoms with Crippen LogP contribution in [0.4, 0.5) is 5.69 Å². The Labute approximate surface area is 152 Å². The molecule has 0 aliphatic heterocycles. The van der Waals surface area contributed by atoms with Gasteiger partial charge in [0.15, 0.2) is 5.78 Å². The van der Waals surface area contributed by atoms with Gasteiger partial charge in [-0.15, -0.1) is 0 Å². The minimum Gasteiger partial charge on any atom is -0.459 e. The van der Waals surface area contributed by atoms with Gasteiger partial charge >= 0.3 is 5.97 Å². The molecule has 26 heavy (non-hydrogen) atoms. The lowest BCUT2D eigenvalue weighted by atomic mass is 9.82. The number of anilines is 1. The smallest absolute Gasteiger partial charge is 0.338 e. The van der Waals surface area contributed by atoms with Crippen molar-refractivity contribution in [3.8, 4) is 0 Å². The number of allylic oxidation sites excluding steroid dienone is 1. The molecule has 2 aromatic rings. The Bertz CT molecular complexity index is 885. The Morgan fingerprint density at radius 2 is 1.88 bits per heavy atom. The summed E-state index contributed by atoms with van der Waals surface area (Å²) < 4.78 is 5.29. The van der Waals surface area contributed by atoms with Gasteiger partial charge in [0.2, 0.25) is 0 Å². The van der Waals surface area contributed by atoms with Gasteiger partial charge in [-0.2, -0.15) is 0 Å². The molecule has 5 heteroatoms. The fourth-order valence-corrected chi connectivity index (χ4v) is 3.25. The summed E-state index contributed by atoms with van der Waals surface area (Å²) in [4.78, 5) is 24.6. The Balaban J connectivity index is 1.80. The van der Waals surface area contributed by atoms with Crippen molar-refractivity contribution in [1.29, 1.82) is 0 Å². The number of carbonyl (C=O) groups is 2. The van der Waals surface area contributed by atoms with Crippen molar-refractivity contribution in [2.45, 2.75) is 25.4 Å². The number of nitrogens with two attached hydrogens (primary N) is 1. The van der Waals surface area contributed by atoms with Crippen molar-refractivity contribution >= 4 is 17.4 Å². The highest BCUT2D eigenvalue weighted by molar-refractivity contribution is 6.00. The van der Waals surface area contributed by atoms with E-state index >= 15 is 0 Å². The topological polar surface area (TPSA) is 89.6 Å². The van der Waals surface area contributed by atoms with E-state index in [2.05, 4.69) is 0 Å². The summed E-state index contributed by atoms with van der Waals surface area (Å²) in [5.74, 6) is -1.57. The predicted octanol–water partition coefficient (Wildman–Crippen LogP) is 2.70. The zero-order chi connectivity index (χ0) is 18.9. The molecule has 1 aliphatic rings. The van der Waals surface area contributed by atoms with Gasteiger partial charge in [0, 0.05) is 5.69 Å². The molecule has 0 radical (unpaired) electrons. The summed E-state index contributed by atoms with van der Waals surface area (Å²) in [6.45, 7) is 3.55. The normalized spacial score (nSPS) is 21.8. The van der Waals surface area contributed by atoms with Gasteiger partial charge in [0.1, 0.15) is 12.2 Å². The number of rotatable bonds is 4. The van der Waals surface area contributed by atoms with E-state index in [4.69, 9.17) is 10.5 Å². The third-order valence-corrected chi connectivity index (χ3v) is 4.64. The number of hydrogen-bond acceptors (Lipinski definition) is 5. The molecule has 5 nitrogen and oxygen atoms in total. The molecular weight excluding hydrogens is 330 g/mol. The van der Waals surface area contributed by atoms with Crippen LogP contribution in [0.3, 0.4) is 0 Å². The molecule has 0 heterocycles. The first-order valence-electron chi connectivity index (χ1n) is 8.35. The highest BCUT2D eigenvalue weighted by Gasteiger charge is 2.45. The van der Waals surface area contributed by atoms with Gasteiger partial charge < -0.3 is 15.6 Å². The SMILES string of the molecule is Cc1ccc([C@H]2C(=O)C=C[C@@]2(O)COC(=O)c2ccc(N)cc2)c(C)c1. The Morgan fingerprint density at radius 1 is 1.19 bits per heavy atom. The molecule has 2 atom stereocenters. The maximum Gasteiger partial charge on any atom is 0.338 e. The first kappa shape index (κ1) is 17.9. The Morgan fingerprint density at radius 3 is 2.54 bits per heavy atom. The number of aryl methyl sites for hydroxylation is 2. The average Bonchev–Trinajstić information content (AvgIpc) is 2.89. The number of hydrogen-bond donors (Lipinski definition) is 2. The standard InChI is InChI=1S/C21H21NO4/c1-13-3-8-17(14(2)11-13)19-18(23)9-10-21(19,25)12-26-20(24)15-4-6-16(22)7-5-15/h3-11,19,25H,12,22H2,1-2H3/t19-,21+/m0/s1. The first-order chi connectivity index (χ1) is 12.3. The molecule has 134 valence electrons. The van der Waals surface area contributed by atoms with E-state index < -0.39 is 17.5 Å². The molecule has 0 bridgehead atoms. The Kier molecular flexibility index (Phi) is 4.66. The van der Waals surface area contributed by atoms with Crippen LogP contribution in [0.25, 0.3) is 0 Å². The molecule has 1 aliphatic carbocycles. The Hall–Kier alpha value is -2.92. The van der Waals surface area contributed by atoms with Crippen LogP contribution in [-0.4, -0.2) is 29.1 Å². The quantitative estimate of drug-likeness (QED) is 0.653. The van der Waals surface area contributed by atoms with E-state index in [-0.39, 0.29) is 12.4 Å². The van der Waals surface area contributed by atoms with Gasteiger partial charge in [0.05, 0.1) is 11.5 Å². The molecule has 0 unspecified atom stereocenters. The molecule has 0 fully saturated rings. The third-order valence-electron chi connectivity index (χ3n) is 4.64. The van der Waals surface area contributed by atoms with Gasteiger partial charge in [-0.1, -0.05) is 23.8 Å². The monoisotopic (exact) mass is 351 g/mol. The van der Waals surface area contributed by atoms with E-state index in [9.17, 15) is 14.7 Å².